The first kappa shape index (κ1) is 24.7. The monoisotopic (exact) mass is 516 g/mol. The lowest BCUT2D eigenvalue weighted by atomic mass is 10.1. The van der Waals surface area contributed by atoms with Gasteiger partial charge in [-0.15, -0.1) is 10.2 Å². The number of nitrogens with zero attached hydrogens (tertiary/aromatic N) is 5. The normalized spacial score (nSPS) is 11.1. The van der Waals surface area contributed by atoms with Crippen molar-refractivity contribution in [1.29, 1.82) is 0 Å². The van der Waals surface area contributed by atoms with Crippen LogP contribution in [0, 0.1) is 0 Å². The van der Waals surface area contributed by atoms with Crippen LogP contribution in [-0.2, 0) is 11.3 Å². The summed E-state index contributed by atoms with van der Waals surface area (Å²) in [7, 11) is 5.94. The van der Waals surface area contributed by atoms with Crippen LogP contribution in [-0.4, -0.2) is 58.8 Å². The zero-order chi connectivity index (χ0) is 26.8. The van der Waals surface area contributed by atoms with Crippen LogP contribution in [0.3, 0.4) is 0 Å². The van der Waals surface area contributed by atoms with Crippen LogP contribution in [0.2, 0.25) is 0 Å². The molecule has 38 heavy (non-hydrogen) atoms. The lowest BCUT2D eigenvalue weighted by molar-refractivity contribution is 0.101. The number of fused-ring (bicyclic) bond motifs is 3. The van der Waals surface area contributed by atoms with Crippen molar-refractivity contribution in [1.82, 2.24) is 24.5 Å². The Morgan fingerprint density at radius 2 is 1.66 bits per heavy atom. The smallest absolute Gasteiger partial charge is 0.299 e. The molecule has 194 valence electrons. The Kier molecular flexibility index (Phi) is 6.62. The Labute approximate surface area is 216 Å². The summed E-state index contributed by atoms with van der Waals surface area (Å²) in [6, 6.07) is 14.2. The molecule has 12 heteroatoms. The van der Waals surface area contributed by atoms with Crippen molar-refractivity contribution < 1.29 is 23.7 Å². The molecular formula is C26H24N6O6. The number of pyridine rings is 1. The van der Waals surface area contributed by atoms with Crippen molar-refractivity contribution in [2.75, 3.05) is 33.9 Å². The Bertz CT molecular complexity index is 1690. The van der Waals surface area contributed by atoms with Gasteiger partial charge in [-0.1, -0.05) is 30.3 Å². The van der Waals surface area contributed by atoms with Crippen LogP contribution >= 0.6 is 0 Å². The van der Waals surface area contributed by atoms with Gasteiger partial charge in [0.2, 0.25) is 5.75 Å². The van der Waals surface area contributed by atoms with E-state index in [2.05, 4.69) is 20.7 Å². The Morgan fingerprint density at radius 3 is 2.29 bits per heavy atom. The number of carbonyl (C=O) groups excluding carboxylic acids is 1. The summed E-state index contributed by atoms with van der Waals surface area (Å²) in [4.78, 5) is 26.3. The Balaban J connectivity index is 1.57. The minimum absolute atomic E-state index is 0.0243. The van der Waals surface area contributed by atoms with Gasteiger partial charge in [0.05, 0.1) is 39.2 Å². The summed E-state index contributed by atoms with van der Waals surface area (Å²) in [5, 5.41) is 13.2. The molecule has 1 N–H and O–H groups in total. The number of benzene rings is 2. The van der Waals surface area contributed by atoms with Crippen molar-refractivity contribution in [2.24, 2.45) is 0 Å². The first-order chi connectivity index (χ1) is 18.5. The molecule has 0 saturated carbocycles. The number of aromatic nitrogens is 5. The van der Waals surface area contributed by atoms with Crippen LogP contribution in [0.25, 0.3) is 27.8 Å². The molecule has 12 nitrogen and oxygen atoms in total. The third-order valence-corrected chi connectivity index (χ3v) is 5.94. The maximum atomic E-state index is 13.3. The maximum absolute atomic E-state index is 13.3. The highest BCUT2D eigenvalue weighted by Crippen LogP contribution is 2.38. The summed E-state index contributed by atoms with van der Waals surface area (Å²) >= 11 is 0. The maximum Gasteiger partial charge on any atom is 0.299 e. The Morgan fingerprint density at radius 1 is 0.947 bits per heavy atom. The van der Waals surface area contributed by atoms with E-state index in [9.17, 15) is 9.59 Å². The van der Waals surface area contributed by atoms with Crippen molar-refractivity contribution >= 4 is 22.6 Å². The third-order valence-electron chi connectivity index (χ3n) is 5.94. The number of hydrogen-bond acceptors (Lipinski definition) is 9. The number of ether oxygens (including phenoxy) is 4. The van der Waals surface area contributed by atoms with Crippen LogP contribution in [0.4, 0.5) is 0 Å². The molecule has 3 aromatic heterocycles. The molecular weight excluding hydrogens is 492 g/mol. The van der Waals surface area contributed by atoms with Gasteiger partial charge in [0.1, 0.15) is 5.52 Å². The highest BCUT2D eigenvalue weighted by molar-refractivity contribution is 6.01. The Hall–Kier alpha value is -4.97. The quantitative estimate of drug-likeness (QED) is 0.331. The number of rotatable bonds is 8. The third kappa shape index (κ3) is 4.16. The second kappa shape index (κ2) is 10.2. The molecule has 5 rings (SSSR count). The average molecular weight is 517 g/mol. The number of methoxy groups -OCH3 is 4. The predicted molar refractivity (Wildman–Crippen MR) is 138 cm³/mol. The molecule has 3 heterocycles. The van der Waals surface area contributed by atoms with E-state index in [4.69, 9.17) is 18.9 Å². The number of nitrogens with one attached hydrogen (secondary N) is 1. The molecule has 5 aromatic rings. The SMILES string of the molecule is COCc1nn2c(nnc3c(=O)n(NC(=O)c4cc(OC)c(OC)c(OC)c4)ccc32)c1-c1ccccc1. The zero-order valence-electron chi connectivity index (χ0n) is 21.1. The average Bonchev–Trinajstić information content (AvgIpc) is 3.32. The molecule has 0 unspecified atom stereocenters. The number of amides is 1. The van der Waals surface area contributed by atoms with Crippen LogP contribution < -0.4 is 25.2 Å². The second-order valence-electron chi connectivity index (χ2n) is 8.14. The summed E-state index contributed by atoms with van der Waals surface area (Å²) in [5.74, 6) is 0.370. The van der Waals surface area contributed by atoms with Gasteiger partial charge in [0, 0.05) is 18.9 Å². The van der Waals surface area contributed by atoms with Crippen LogP contribution in [0.1, 0.15) is 16.1 Å². The van der Waals surface area contributed by atoms with Gasteiger partial charge >= 0.3 is 0 Å². The van der Waals surface area contributed by atoms with Gasteiger partial charge in [-0.05, 0) is 23.8 Å². The van der Waals surface area contributed by atoms with E-state index in [0.29, 0.717) is 34.1 Å². The summed E-state index contributed by atoms with van der Waals surface area (Å²) < 4.78 is 23.9. The number of carbonyl (C=O) groups is 1. The van der Waals surface area contributed by atoms with Crippen LogP contribution in [0.15, 0.2) is 59.5 Å². The van der Waals surface area contributed by atoms with Gasteiger partial charge in [-0.2, -0.15) is 5.10 Å². The molecule has 1 amide bonds. The fourth-order valence-corrected chi connectivity index (χ4v) is 4.20. The van der Waals surface area contributed by atoms with Crippen molar-refractivity contribution in [3.63, 3.8) is 0 Å². The highest BCUT2D eigenvalue weighted by atomic mass is 16.5. The van der Waals surface area contributed by atoms with Crippen molar-refractivity contribution in [2.45, 2.75) is 6.61 Å². The first-order valence-electron chi connectivity index (χ1n) is 11.5. The lowest BCUT2D eigenvalue weighted by Crippen LogP contribution is -2.33. The van der Waals surface area contributed by atoms with E-state index < -0.39 is 11.5 Å². The minimum atomic E-state index is -0.581. The highest BCUT2D eigenvalue weighted by Gasteiger charge is 2.21. The molecule has 0 atom stereocenters. The van der Waals surface area contributed by atoms with E-state index in [1.54, 1.807) is 17.7 Å². The fourth-order valence-electron chi connectivity index (χ4n) is 4.20. The van der Waals surface area contributed by atoms with E-state index >= 15 is 0 Å². The van der Waals surface area contributed by atoms with Gasteiger partial charge < -0.3 is 18.9 Å². The standard InChI is InChI=1S/C26H24N6O6/c1-35-14-17-21(15-8-6-5-7-9-15)24-28-27-22-18(32(24)29-17)10-11-31(26(22)34)30-25(33)16-12-19(36-2)23(38-4)20(13-16)37-3/h5-13H,14H2,1-4H3,(H,30,33). The fraction of sp³-hybridized carbons (Fsp3) is 0.192. The van der Waals surface area contributed by atoms with E-state index in [1.165, 1.54) is 39.7 Å². The lowest BCUT2D eigenvalue weighted by Gasteiger charge is -2.14. The summed E-state index contributed by atoms with van der Waals surface area (Å²) in [5.41, 5.74) is 5.43. The van der Waals surface area contributed by atoms with Crippen molar-refractivity contribution in [3.05, 3.63) is 76.3 Å². The molecule has 0 radical (unpaired) electrons. The minimum Gasteiger partial charge on any atom is -0.493 e. The van der Waals surface area contributed by atoms with Crippen molar-refractivity contribution in [3.8, 4) is 28.4 Å². The number of hydrogen-bond donors (Lipinski definition) is 1. The first-order valence-corrected chi connectivity index (χ1v) is 11.5. The van der Waals surface area contributed by atoms with E-state index in [1.807, 2.05) is 30.3 Å². The van der Waals surface area contributed by atoms with E-state index in [-0.39, 0.29) is 17.7 Å². The second-order valence-corrected chi connectivity index (χ2v) is 8.14. The van der Waals surface area contributed by atoms with Gasteiger partial charge in [0.25, 0.3) is 11.5 Å². The molecule has 0 aliphatic rings. The van der Waals surface area contributed by atoms with Gasteiger partial charge in [-0.25, -0.2) is 9.19 Å². The predicted octanol–water partition coefficient (Wildman–Crippen LogP) is 2.66. The molecule has 0 spiro atoms. The molecule has 2 aromatic carbocycles. The summed E-state index contributed by atoms with van der Waals surface area (Å²) in [6.45, 7) is 0.247. The molecule has 0 aliphatic heterocycles. The molecule has 0 saturated heterocycles. The van der Waals surface area contributed by atoms with Gasteiger partial charge in [0.15, 0.2) is 22.7 Å². The summed E-state index contributed by atoms with van der Waals surface area (Å²) in [6.07, 6.45) is 1.43. The largest absolute Gasteiger partial charge is 0.493 e. The van der Waals surface area contributed by atoms with E-state index in [0.717, 1.165) is 15.8 Å². The van der Waals surface area contributed by atoms with Gasteiger partial charge in [-0.3, -0.25) is 15.0 Å². The topological polar surface area (TPSA) is 131 Å². The zero-order valence-corrected chi connectivity index (χ0v) is 21.1. The molecule has 0 bridgehead atoms. The van der Waals surface area contributed by atoms with Crippen LogP contribution in [0.5, 0.6) is 17.2 Å². The molecule has 0 aliphatic carbocycles. The molecule has 0 fully saturated rings.